The lowest BCUT2D eigenvalue weighted by molar-refractivity contribution is 0.0530. The number of carbonyl (C=O) groups excluding carboxylic acids is 3. The molecule has 2 aromatic carbocycles. The second kappa shape index (κ2) is 9.11. The highest BCUT2D eigenvalue weighted by Gasteiger charge is 2.18. The quantitative estimate of drug-likeness (QED) is 0.597. The molecule has 0 aliphatic rings. The maximum atomic E-state index is 12.6. The van der Waals surface area contributed by atoms with E-state index in [1.54, 1.807) is 62.4 Å². The number of nitrogens with zero attached hydrogens (tertiary/aromatic N) is 1. The smallest absolute Gasteiger partial charge is 0.350 e. The SMILES string of the molecule is CCOC(=O)c1sc(NC(=O)c2cccc(NC(=O)c3ccccc3)c2)nc1C. The van der Waals surface area contributed by atoms with E-state index in [9.17, 15) is 14.4 Å². The molecule has 0 aliphatic heterocycles. The van der Waals surface area contributed by atoms with Gasteiger partial charge in [0, 0.05) is 16.8 Å². The van der Waals surface area contributed by atoms with Crippen LogP contribution in [0.3, 0.4) is 0 Å². The monoisotopic (exact) mass is 409 g/mol. The van der Waals surface area contributed by atoms with E-state index in [1.165, 1.54) is 0 Å². The molecule has 1 aromatic heterocycles. The molecule has 0 unspecified atom stereocenters. The molecule has 2 amide bonds. The van der Waals surface area contributed by atoms with E-state index >= 15 is 0 Å². The molecule has 0 spiro atoms. The number of esters is 1. The van der Waals surface area contributed by atoms with Crippen LogP contribution in [0.4, 0.5) is 10.8 Å². The van der Waals surface area contributed by atoms with Crippen molar-refractivity contribution in [2.24, 2.45) is 0 Å². The van der Waals surface area contributed by atoms with Crippen molar-refractivity contribution < 1.29 is 19.1 Å². The number of anilines is 2. The molecule has 0 radical (unpaired) electrons. The van der Waals surface area contributed by atoms with Gasteiger partial charge in [0.2, 0.25) is 0 Å². The lowest BCUT2D eigenvalue weighted by atomic mass is 10.1. The van der Waals surface area contributed by atoms with Crippen molar-refractivity contribution in [2.75, 3.05) is 17.2 Å². The molecule has 0 saturated carbocycles. The molecule has 2 N–H and O–H groups in total. The Kier molecular flexibility index (Phi) is 6.36. The van der Waals surface area contributed by atoms with Gasteiger partial charge in [0.15, 0.2) is 5.13 Å². The number of aromatic nitrogens is 1. The van der Waals surface area contributed by atoms with Crippen LogP contribution in [0.5, 0.6) is 0 Å². The molecule has 0 atom stereocenters. The van der Waals surface area contributed by atoms with Crippen molar-refractivity contribution in [3.63, 3.8) is 0 Å². The van der Waals surface area contributed by atoms with Gasteiger partial charge in [-0.25, -0.2) is 9.78 Å². The summed E-state index contributed by atoms with van der Waals surface area (Å²) < 4.78 is 4.98. The number of ether oxygens (including phenoxy) is 1. The second-order valence-electron chi connectivity index (χ2n) is 6.01. The van der Waals surface area contributed by atoms with Crippen LogP contribution < -0.4 is 10.6 Å². The Morgan fingerprint density at radius 1 is 0.966 bits per heavy atom. The van der Waals surface area contributed by atoms with Crippen molar-refractivity contribution in [2.45, 2.75) is 13.8 Å². The topological polar surface area (TPSA) is 97.4 Å². The largest absolute Gasteiger partial charge is 0.462 e. The third kappa shape index (κ3) is 5.05. The third-order valence-electron chi connectivity index (χ3n) is 3.90. The van der Waals surface area contributed by atoms with Gasteiger partial charge in [0.25, 0.3) is 11.8 Å². The number of benzene rings is 2. The summed E-state index contributed by atoms with van der Waals surface area (Å²) in [5.74, 6) is -1.13. The van der Waals surface area contributed by atoms with Crippen molar-refractivity contribution in [1.82, 2.24) is 4.98 Å². The minimum Gasteiger partial charge on any atom is -0.462 e. The molecule has 3 aromatic rings. The van der Waals surface area contributed by atoms with Crippen LogP contribution in [-0.2, 0) is 4.74 Å². The zero-order valence-corrected chi connectivity index (χ0v) is 16.7. The average molecular weight is 409 g/mol. The Labute approximate surface area is 171 Å². The number of amides is 2. The molecule has 0 bridgehead atoms. The summed E-state index contributed by atoms with van der Waals surface area (Å²) in [5, 5.41) is 5.74. The van der Waals surface area contributed by atoms with Crippen LogP contribution in [0.25, 0.3) is 0 Å². The molecular formula is C21H19N3O4S. The van der Waals surface area contributed by atoms with Gasteiger partial charge in [-0.05, 0) is 44.2 Å². The van der Waals surface area contributed by atoms with Gasteiger partial charge in [-0.1, -0.05) is 35.6 Å². The van der Waals surface area contributed by atoms with Gasteiger partial charge in [0.1, 0.15) is 4.88 Å². The number of nitrogens with one attached hydrogen (secondary N) is 2. The van der Waals surface area contributed by atoms with Crippen molar-refractivity contribution in [3.05, 3.63) is 76.3 Å². The van der Waals surface area contributed by atoms with E-state index < -0.39 is 11.9 Å². The molecule has 148 valence electrons. The molecule has 3 rings (SSSR count). The summed E-state index contributed by atoms with van der Waals surface area (Å²) >= 11 is 1.06. The van der Waals surface area contributed by atoms with E-state index in [0.29, 0.717) is 32.5 Å². The molecule has 0 saturated heterocycles. The second-order valence-corrected chi connectivity index (χ2v) is 7.01. The molecule has 1 heterocycles. The molecule has 0 aliphatic carbocycles. The first-order chi connectivity index (χ1) is 14.0. The molecular weight excluding hydrogens is 390 g/mol. The van der Waals surface area contributed by atoms with Gasteiger partial charge in [0.05, 0.1) is 12.3 Å². The molecule has 8 heteroatoms. The average Bonchev–Trinajstić information content (AvgIpc) is 3.09. The fourth-order valence-electron chi connectivity index (χ4n) is 2.54. The van der Waals surface area contributed by atoms with E-state index in [0.717, 1.165) is 11.3 Å². The minimum atomic E-state index is -0.464. The Hall–Kier alpha value is -3.52. The number of hydrogen-bond donors (Lipinski definition) is 2. The number of thiazole rings is 1. The fourth-order valence-corrected chi connectivity index (χ4v) is 3.39. The summed E-state index contributed by atoms with van der Waals surface area (Å²) in [6.07, 6.45) is 0. The van der Waals surface area contributed by atoms with E-state index in [1.807, 2.05) is 6.07 Å². The minimum absolute atomic E-state index is 0.263. The number of hydrogen-bond acceptors (Lipinski definition) is 6. The van der Waals surface area contributed by atoms with Gasteiger partial charge >= 0.3 is 5.97 Å². The summed E-state index contributed by atoms with van der Waals surface area (Å²) in [5.41, 5.74) is 1.86. The summed E-state index contributed by atoms with van der Waals surface area (Å²) in [6.45, 7) is 3.66. The van der Waals surface area contributed by atoms with Gasteiger partial charge < -0.3 is 10.1 Å². The number of aryl methyl sites for hydroxylation is 1. The Bertz CT molecular complexity index is 1050. The van der Waals surface area contributed by atoms with Crippen LogP contribution in [-0.4, -0.2) is 29.4 Å². The number of carbonyl (C=O) groups is 3. The normalized spacial score (nSPS) is 10.3. The van der Waals surface area contributed by atoms with Crippen molar-refractivity contribution in [3.8, 4) is 0 Å². The van der Waals surface area contributed by atoms with Crippen LogP contribution in [0.2, 0.25) is 0 Å². The Morgan fingerprint density at radius 2 is 1.66 bits per heavy atom. The van der Waals surface area contributed by atoms with Crippen molar-refractivity contribution in [1.29, 1.82) is 0 Å². The summed E-state index contributed by atoms with van der Waals surface area (Å²) in [4.78, 5) is 41.3. The third-order valence-corrected chi connectivity index (χ3v) is 4.95. The maximum absolute atomic E-state index is 12.6. The van der Waals surface area contributed by atoms with Gasteiger partial charge in [-0.3, -0.25) is 14.9 Å². The van der Waals surface area contributed by atoms with E-state index in [4.69, 9.17) is 4.74 Å². The summed E-state index contributed by atoms with van der Waals surface area (Å²) in [7, 11) is 0. The zero-order chi connectivity index (χ0) is 20.8. The van der Waals surface area contributed by atoms with Crippen LogP contribution in [0, 0.1) is 6.92 Å². The Balaban J connectivity index is 1.71. The van der Waals surface area contributed by atoms with E-state index in [2.05, 4.69) is 15.6 Å². The van der Waals surface area contributed by atoms with Crippen LogP contribution >= 0.6 is 11.3 Å². The van der Waals surface area contributed by atoms with Gasteiger partial charge in [-0.15, -0.1) is 0 Å². The fraction of sp³-hybridized carbons (Fsp3) is 0.143. The number of rotatable bonds is 6. The first-order valence-corrected chi connectivity index (χ1v) is 9.72. The van der Waals surface area contributed by atoms with Crippen LogP contribution in [0.1, 0.15) is 43.0 Å². The molecule has 7 nitrogen and oxygen atoms in total. The van der Waals surface area contributed by atoms with Gasteiger partial charge in [-0.2, -0.15) is 0 Å². The zero-order valence-electron chi connectivity index (χ0n) is 15.9. The summed E-state index contributed by atoms with van der Waals surface area (Å²) in [6, 6.07) is 15.4. The Morgan fingerprint density at radius 3 is 2.38 bits per heavy atom. The maximum Gasteiger partial charge on any atom is 0.350 e. The standard InChI is InChI=1S/C21H19N3O4S/c1-3-28-20(27)17-13(2)22-21(29-17)24-19(26)15-10-7-11-16(12-15)23-18(25)14-8-5-4-6-9-14/h4-12H,3H2,1-2H3,(H,23,25)(H,22,24,26). The van der Waals surface area contributed by atoms with E-state index in [-0.39, 0.29) is 12.5 Å². The predicted molar refractivity (Wildman–Crippen MR) is 112 cm³/mol. The first-order valence-electron chi connectivity index (χ1n) is 8.90. The van der Waals surface area contributed by atoms with Crippen molar-refractivity contribution >= 4 is 39.9 Å². The van der Waals surface area contributed by atoms with Crippen LogP contribution in [0.15, 0.2) is 54.6 Å². The lowest BCUT2D eigenvalue weighted by Gasteiger charge is -2.07. The molecule has 29 heavy (non-hydrogen) atoms. The lowest BCUT2D eigenvalue weighted by Crippen LogP contribution is -2.14. The predicted octanol–water partition coefficient (Wildman–Crippen LogP) is 4.13. The highest BCUT2D eigenvalue weighted by molar-refractivity contribution is 7.17. The highest BCUT2D eigenvalue weighted by atomic mass is 32.1. The molecule has 0 fully saturated rings. The first kappa shape index (κ1) is 20.2. The highest BCUT2D eigenvalue weighted by Crippen LogP contribution is 2.24.